The van der Waals surface area contributed by atoms with Gasteiger partial charge in [-0.15, -0.1) is 11.8 Å². The van der Waals surface area contributed by atoms with Crippen LogP contribution < -0.4 is 20.3 Å². The number of fused-ring (bicyclic) bond motifs is 2. The van der Waals surface area contributed by atoms with Gasteiger partial charge in [-0.25, -0.2) is 28.1 Å². The number of amides is 2. The monoisotopic (exact) mass is 902 g/mol. The van der Waals surface area contributed by atoms with Gasteiger partial charge in [0, 0.05) is 66.9 Å². The molecule has 1 saturated heterocycles. The summed E-state index contributed by atoms with van der Waals surface area (Å²) in [4.78, 5) is 45.1. The van der Waals surface area contributed by atoms with Crippen molar-refractivity contribution in [3.05, 3.63) is 131 Å². The second-order valence-electron chi connectivity index (χ2n) is 14.6. The minimum atomic E-state index is -4.92. The quantitative estimate of drug-likeness (QED) is 0.0937. The number of sulfonamides is 1. The number of ether oxygens (including phenoxy) is 1. The van der Waals surface area contributed by atoms with Gasteiger partial charge in [-0.3, -0.25) is 19.8 Å². The Morgan fingerprint density at radius 1 is 0.903 bits per heavy atom. The highest BCUT2D eigenvalue weighted by molar-refractivity contribution is 7.99. The number of rotatable bonds is 14. The minimum absolute atomic E-state index is 0.260. The fourth-order valence-electron chi connectivity index (χ4n) is 7.28. The number of nitrogens with zero attached hydrogens (tertiary/aromatic N) is 5. The molecule has 3 aromatic heterocycles. The number of nitrogens with one attached hydrogen (secondary N) is 3. The number of alkyl halides is 3. The molecule has 2 amide bonds. The van der Waals surface area contributed by atoms with Gasteiger partial charge in [0.2, 0.25) is 0 Å². The fraction of sp³-hybridized carbons (Fsp3) is 0.279. The third-order valence-corrected chi connectivity index (χ3v) is 13.9. The van der Waals surface area contributed by atoms with Crippen LogP contribution in [-0.4, -0.2) is 91.3 Å². The Kier molecular flexibility index (Phi) is 13.1. The number of anilines is 3. The van der Waals surface area contributed by atoms with Crippen LogP contribution in [0.2, 0.25) is 0 Å². The van der Waals surface area contributed by atoms with Crippen molar-refractivity contribution in [3.63, 3.8) is 0 Å². The topological polar surface area (TPSA) is 159 Å². The summed E-state index contributed by atoms with van der Waals surface area (Å²) in [5, 5.41) is 6.34. The number of thiazole rings is 1. The van der Waals surface area contributed by atoms with Crippen LogP contribution in [0.4, 0.5) is 29.8 Å². The van der Waals surface area contributed by atoms with E-state index in [1.165, 1.54) is 35.2 Å². The zero-order valence-corrected chi connectivity index (χ0v) is 35.5. The van der Waals surface area contributed by atoms with E-state index in [0.29, 0.717) is 77.8 Å². The first kappa shape index (κ1) is 43.1. The lowest BCUT2D eigenvalue weighted by Crippen LogP contribution is -2.39. The lowest BCUT2D eigenvalue weighted by molar-refractivity contribution is -0.137. The predicted octanol–water partition coefficient (Wildman–Crippen LogP) is 7.33. The molecule has 62 heavy (non-hydrogen) atoms. The number of aromatic nitrogens is 3. The van der Waals surface area contributed by atoms with E-state index in [4.69, 9.17) is 4.74 Å². The lowest BCUT2D eigenvalue weighted by Gasteiger charge is -2.31. The van der Waals surface area contributed by atoms with Crippen LogP contribution in [0.15, 0.2) is 113 Å². The van der Waals surface area contributed by atoms with E-state index in [-0.39, 0.29) is 23.8 Å². The van der Waals surface area contributed by atoms with Crippen molar-refractivity contribution in [1.82, 2.24) is 24.6 Å². The molecule has 5 heterocycles. The molecule has 6 aromatic rings. The van der Waals surface area contributed by atoms with Crippen LogP contribution >= 0.6 is 23.1 Å². The number of hydrogen-bond donors (Lipinski definition) is 3. The Morgan fingerprint density at radius 2 is 1.71 bits per heavy atom. The number of hydrogen-bond acceptors (Lipinski definition) is 13. The number of carbonyl (C=O) groups is 2. The van der Waals surface area contributed by atoms with Gasteiger partial charge in [0.05, 0.1) is 23.7 Å². The van der Waals surface area contributed by atoms with Crippen LogP contribution in [0.1, 0.15) is 44.0 Å². The van der Waals surface area contributed by atoms with E-state index in [2.05, 4.69) is 30.5 Å². The SMILES string of the molecule is O=C(NS(=O)(=O)c1ccc(N[C@H](CCN2CCOCC2)CSc2ccccc2)c(C(F)(F)F)c1)c1cccc(N2CCc3cccc(C(=O)Nc4nc5cccnc5s4)c3C2)n1. The molecule has 2 aliphatic heterocycles. The summed E-state index contributed by atoms with van der Waals surface area (Å²) in [6.45, 7) is 4.01. The number of morpholine rings is 1. The van der Waals surface area contributed by atoms with Crippen LogP contribution in [0, 0.1) is 0 Å². The van der Waals surface area contributed by atoms with Crippen molar-refractivity contribution in [3.8, 4) is 0 Å². The molecule has 0 unspecified atom stereocenters. The summed E-state index contributed by atoms with van der Waals surface area (Å²) in [5.41, 5.74) is 1.12. The van der Waals surface area contributed by atoms with Gasteiger partial charge < -0.3 is 15.0 Å². The van der Waals surface area contributed by atoms with Gasteiger partial charge in [-0.1, -0.05) is 47.7 Å². The largest absolute Gasteiger partial charge is 0.418 e. The van der Waals surface area contributed by atoms with Crippen LogP contribution in [0.3, 0.4) is 0 Å². The van der Waals surface area contributed by atoms with Crippen molar-refractivity contribution in [2.45, 2.75) is 41.4 Å². The number of halogens is 3. The van der Waals surface area contributed by atoms with E-state index in [0.717, 1.165) is 41.2 Å². The first-order chi connectivity index (χ1) is 29.9. The third-order valence-electron chi connectivity index (χ3n) is 10.5. The van der Waals surface area contributed by atoms with Gasteiger partial charge >= 0.3 is 6.18 Å². The van der Waals surface area contributed by atoms with Crippen molar-refractivity contribution in [2.75, 3.05) is 60.7 Å². The molecule has 0 radical (unpaired) electrons. The molecule has 8 rings (SSSR count). The lowest BCUT2D eigenvalue weighted by atomic mass is 9.94. The maximum atomic E-state index is 14.7. The van der Waals surface area contributed by atoms with Crippen molar-refractivity contribution in [1.29, 1.82) is 0 Å². The molecular formula is C43H41F3N8O5S3. The molecule has 0 saturated carbocycles. The maximum Gasteiger partial charge on any atom is 0.418 e. The van der Waals surface area contributed by atoms with Crippen LogP contribution in [-0.2, 0) is 33.9 Å². The van der Waals surface area contributed by atoms with E-state index >= 15 is 0 Å². The molecular weight excluding hydrogens is 862 g/mol. The average Bonchev–Trinajstić information content (AvgIpc) is 3.69. The molecule has 13 nitrogen and oxygen atoms in total. The number of thioether (sulfide) groups is 1. The van der Waals surface area contributed by atoms with Crippen molar-refractivity contribution in [2.24, 2.45) is 0 Å². The second kappa shape index (κ2) is 18.8. The summed E-state index contributed by atoms with van der Waals surface area (Å²) in [6, 6.07) is 25.4. The molecule has 0 spiro atoms. The molecule has 2 aliphatic rings. The van der Waals surface area contributed by atoms with Gasteiger partial charge in [0.25, 0.3) is 21.8 Å². The molecule has 1 atom stereocenters. The Morgan fingerprint density at radius 3 is 2.50 bits per heavy atom. The summed E-state index contributed by atoms with van der Waals surface area (Å²) in [5.74, 6) is -0.669. The zero-order chi connectivity index (χ0) is 43.3. The number of pyridine rings is 2. The maximum absolute atomic E-state index is 14.7. The van der Waals surface area contributed by atoms with Gasteiger partial charge in [-0.05, 0) is 84.6 Å². The van der Waals surface area contributed by atoms with Crippen molar-refractivity contribution >= 4 is 71.9 Å². The summed E-state index contributed by atoms with van der Waals surface area (Å²) < 4.78 is 78.4. The highest BCUT2D eigenvalue weighted by atomic mass is 32.2. The molecule has 3 N–H and O–H groups in total. The summed E-state index contributed by atoms with van der Waals surface area (Å²) >= 11 is 2.77. The summed E-state index contributed by atoms with van der Waals surface area (Å²) in [7, 11) is -4.79. The molecule has 0 bridgehead atoms. The van der Waals surface area contributed by atoms with E-state index in [1.807, 2.05) is 58.2 Å². The van der Waals surface area contributed by atoms with Gasteiger partial charge in [0.15, 0.2) is 5.13 Å². The van der Waals surface area contributed by atoms with Crippen LogP contribution in [0.25, 0.3) is 10.3 Å². The van der Waals surface area contributed by atoms with Crippen molar-refractivity contribution < 1.29 is 35.9 Å². The van der Waals surface area contributed by atoms with Gasteiger partial charge in [0.1, 0.15) is 21.9 Å². The van der Waals surface area contributed by atoms with E-state index < -0.39 is 38.6 Å². The first-order valence-electron chi connectivity index (χ1n) is 19.8. The second-order valence-corrected chi connectivity index (χ2v) is 18.4. The first-order valence-corrected chi connectivity index (χ1v) is 23.1. The summed E-state index contributed by atoms with van der Waals surface area (Å²) in [6.07, 6.45) is -2.18. The molecule has 0 aliphatic carbocycles. The normalized spacial score (nSPS) is 15.2. The minimum Gasteiger partial charge on any atom is -0.381 e. The van der Waals surface area contributed by atoms with Crippen LogP contribution in [0.5, 0.6) is 0 Å². The molecule has 1 fully saturated rings. The smallest absolute Gasteiger partial charge is 0.381 e. The Balaban J connectivity index is 0.963. The van der Waals surface area contributed by atoms with E-state index in [9.17, 15) is 31.2 Å². The zero-order valence-electron chi connectivity index (χ0n) is 33.1. The Hall–Kier alpha value is -5.60. The molecule has 322 valence electrons. The van der Waals surface area contributed by atoms with E-state index in [1.54, 1.807) is 24.4 Å². The fourth-order valence-corrected chi connectivity index (χ4v) is 10.1. The molecule has 19 heteroatoms. The van der Waals surface area contributed by atoms with Gasteiger partial charge in [-0.2, -0.15) is 13.2 Å². The average molecular weight is 903 g/mol. The Labute approximate surface area is 364 Å². The highest BCUT2D eigenvalue weighted by Gasteiger charge is 2.36. The molecule has 3 aromatic carbocycles. The third kappa shape index (κ3) is 10.4. The predicted molar refractivity (Wildman–Crippen MR) is 233 cm³/mol. The standard InChI is InChI=1S/C43H41F3N8O5S3/c44-43(45,46)34-25-31(14-15-35(34)48-29(17-19-53-21-23-59-24-22-53)27-60-30-8-2-1-3-9-30)62(57,58)52-40(56)36-11-5-13-38(49-36)54-20-16-28-7-4-10-32(33(28)26-54)39(55)51-42-50-37-12-6-18-47-41(37)61-42/h1-15,18,25,29,48H,16-17,19-24,26-27H2,(H,52,56)(H,50,51,55)/t29-/m1/s1. The highest BCUT2D eigenvalue weighted by Crippen LogP contribution is 2.37. The number of benzene rings is 3. The number of carbonyl (C=O) groups excluding carboxylic acids is 2. The Bertz CT molecular complexity index is 2650.